The zero-order valence-corrected chi connectivity index (χ0v) is 17.1. The van der Waals surface area contributed by atoms with Crippen molar-refractivity contribution in [1.82, 2.24) is 5.32 Å². The first-order chi connectivity index (χ1) is 12.6. The summed E-state index contributed by atoms with van der Waals surface area (Å²) < 4.78 is 10.9. The van der Waals surface area contributed by atoms with Gasteiger partial charge in [-0.15, -0.1) is 0 Å². The highest BCUT2D eigenvalue weighted by atomic mass is 16.6. The lowest BCUT2D eigenvalue weighted by atomic mass is 9.92. The number of nitrogens with one attached hydrogen (secondary N) is 1. The molecule has 2 atom stereocenters. The summed E-state index contributed by atoms with van der Waals surface area (Å²) in [6.45, 7) is 8.86. The Bertz CT molecular complexity index is 596. The fourth-order valence-electron chi connectivity index (χ4n) is 2.72. The van der Waals surface area contributed by atoms with Gasteiger partial charge in [-0.25, -0.2) is 4.79 Å². The van der Waals surface area contributed by atoms with E-state index >= 15 is 0 Å². The van der Waals surface area contributed by atoms with E-state index < -0.39 is 17.5 Å². The summed E-state index contributed by atoms with van der Waals surface area (Å²) in [6.07, 6.45) is 1.18. The third-order valence-corrected chi connectivity index (χ3v) is 4.33. The Hall–Kier alpha value is -1.92. The number of hydrogen-bond donors (Lipinski definition) is 2. The van der Waals surface area contributed by atoms with Gasteiger partial charge in [0, 0.05) is 12.5 Å². The molecule has 1 aromatic rings. The molecule has 0 aromatic heterocycles. The highest BCUT2D eigenvalue weighted by Crippen LogP contribution is 2.21. The minimum absolute atomic E-state index is 0.0767. The molecule has 27 heavy (non-hydrogen) atoms. The molecule has 6 nitrogen and oxygen atoms in total. The minimum atomic E-state index is -1.18. The van der Waals surface area contributed by atoms with Crippen LogP contribution >= 0.6 is 0 Å². The van der Waals surface area contributed by atoms with Crippen molar-refractivity contribution in [3.8, 4) is 0 Å². The maximum absolute atomic E-state index is 12.3. The average Bonchev–Trinajstić information content (AvgIpc) is 2.58. The standard InChI is InChI=1S/C21H33NO5/c1-20(2,3)11-12-22-17(13-18(23)24)15-27-21(4,19(25)26-5)14-16-9-7-6-8-10-16/h6-10,17,22H,11-15H2,1-5H3,(H,23,24). The highest BCUT2D eigenvalue weighted by Gasteiger charge is 2.36. The molecule has 6 heteroatoms. The van der Waals surface area contributed by atoms with E-state index in [1.807, 2.05) is 30.3 Å². The first kappa shape index (κ1) is 23.1. The summed E-state index contributed by atoms with van der Waals surface area (Å²) in [7, 11) is 1.32. The monoisotopic (exact) mass is 379 g/mol. The zero-order chi connectivity index (χ0) is 20.5. The van der Waals surface area contributed by atoms with Crippen LogP contribution in [0.3, 0.4) is 0 Å². The smallest absolute Gasteiger partial charge is 0.338 e. The molecule has 0 saturated heterocycles. The zero-order valence-electron chi connectivity index (χ0n) is 17.1. The topological polar surface area (TPSA) is 84.9 Å². The van der Waals surface area contributed by atoms with Crippen LogP contribution in [-0.2, 0) is 25.5 Å². The summed E-state index contributed by atoms with van der Waals surface area (Å²) >= 11 is 0. The van der Waals surface area contributed by atoms with E-state index in [0.29, 0.717) is 13.0 Å². The first-order valence-corrected chi connectivity index (χ1v) is 9.27. The van der Waals surface area contributed by atoms with E-state index in [1.165, 1.54) is 7.11 Å². The number of carboxylic acid groups (broad SMARTS) is 1. The number of carboxylic acids is 1. The van der Waals surface area contributed by atoms with E-state index in [9.17, 15) is 14.7 Å². The number of benzene rings is 1. The van der Waals surface area contributed by atoms with Gasteiger partial charge in [-0.2, -0.15) is 0 Å². The van der Waals surface area contributed by atoms with E-state index in [1.54, 1.807) is 6.92 Å². The van der Waals surface area contributed by atoms with Crippen LogP contribution < -0.4 is 5.32 Å². The lowest BCUT2D eigenvalue weighted by molar-refractivity contribution is -0.168. The van der Waals surface area contributed by atoms with Gasteiger partial charge in [-0.05, 0) is 30.9 Å². The molecule has 2 unspecified atom stereocenters. The van der Waals surface area contributed by atoms with Crippen LogP contribution in [0.1, 0.15) is 46.1 Å². The number of rotatable bonds is 11. The van der Waals surface area contributed by atoms with Crippen LogP contribution in [-0.4, -0.2) is 48.9 Å². The molecule has 0 radical (unpaired) electrons. The molecule has 0 bridgehead atoms. The predicted molar refractivity (Wildman–Crippen MR) is 105 cm³/mol. The predicted octanol–water partition coefficient (Wildman–Crippen LogP) is 3.05. The number of methoxy groups -OCH3 is 1. The molecule has 0 amide bonds. The minimum Gasteiger partial charge on any atom is -0.481 e. The molecule has 152 valence electrons. The Morgan fingerprint density at radius 2 is 1.78 bits per heavy atom. The summed E-state index contributed by atoms with van der Waals surface area (Å²) in [4.78, 5) is 23.5. The number of aliphatic carboxylic acids is 1. The number of carbonyl (C=O) groups is 2. The molecule has 0 aliphatic heterocycles. The second-order valence-corrected chi connectivity index (χ2v) is 8.26. The van der Waals surface area contributed by atoms with Crippen LogP contribution in [0.25, 0.3) is 0 Å². The molecule has 0 saturated carbocycles. The lowest BCUT2D eigenvalue weighted by Gasteiger charge is -2.30. The van der Waals surface area contributed by atoms with Crippen molar-refractivity contribution in [2.45, 2.75) is 58.6 Å². The van der Waals surface area contributed by atoms with Crippen molar-refractivity contribution in [1.29, 1.82) is 0 Å². The molecule has 1 aromatic carbocycles. The highest BCUT2D eigenvalue weighted by molar-refractivity contribution is 5.79. The van der Waals surface area contributed by atoms with Crippen molar-refractivity contribution in [3.63, 3.8) is 0 Å². The quantitative estimate of drug-likeness (QED) is 0.575. The first-order valence-electron chi connectivity index (χ1n) is 9.27. The lowest BCUT2D eigenvalue weighted by Crippen LogP contribution is -2.46. The van der Waals surface area contributed by atoms with E-state index in [2.05, 4.69) is 26.1 Å². The second-order valence-electron chi connectivity index (χ2n) is 8.26. The van der Waals surface area contributed by atoms with Gasteiger partial charge in [-0.1, -0.05) is 51.1 Å². The Morgan fingerprint density at radius 1 is 1.15 bits per heavy atom. The molecular weight excluding hydrogens is 346 g/mol. The van der Waals surface area contributed by atoms with Gasteiger partial charge < -0.3 is 19.9 Å². The van der Waals surface area contributed by atoms with Gasteiger partial charge in [0.15, 0.2) is 5.60 Å². The van der Waals surface area contributed by atoms with E-state index in [4.69, 9.17) is 9.47 Å². The Labute approximate surface area is 162 Å². The Morgan fingerprint density at radius 3 is 2.30 bits per heavy atom. The summed E-state index contributed by atoms with van der Waals surface area (Å²) in [6, 6.07) is 9.15. The third kappa shape index (κ3) is 9.02. The molecule has 0 aliphatic carbocycles. The summed E-state index contributed by atoms with van der Waals surface area (Å²) in [5.41, 5.74) is -0.0884. The van der Waals surface area contributed by atoms with Gasteiger partial charge in [0.1, 0.15) is 0 Å². The molecule has 0 aliphatic rings. The van der Waals surface area contributed by atoms with E-state index in [-0.39, 0.29) is 24.5 Å². The Kier molecular flexibility index (Phi) is 8.93. The van der Waals surface area contributed by atoms with Crippen molar-refractivity contribution in [3.05, 3.63) is 35.9 Å². The number of hydrogen-bond acceptors (Lipinski definition) is 5. The molecule has 0 fully saturated rings. The summed E-state index contributed by atoms with van der Waals surface area (Å²) in [5.74, 6) is -1.38. The van der Waals surface area contributed by atoms with Gasteiger partial charge in [0.05, 0.1) is 20.1 Å². The Balaban J connectivity index is 2.78. The van der Waals surface area contributed by atoms with Gasteiger partial charge in [0.25, 0.3) is 0 Å². The van der Waals surface area contributed by atoms with Crippen LogP contribution in [0.15, 0.2) is 30.3 Å². The SMILES string of the molecule is COC(=O)C(C)(Cc1ccccc1)OCC(CC(=O)O)NCCC(C)(C)C. The second kappa shape index (κ2) is 10.4. The molecular formula is C21H33NO5. The van der Waals surface area contributed by atoms with Crippen molar-refractivity contribution >= 4 is 11.9 Å². The molecule has 0 spiro atoms. The van der Waals surface area contributed by atoms with Gasteiger partial charge in [-0.3, -0.25) is 4.79 Å². The van der Waals surface area contributed by atoms with Crippen LogP contribution in [0.4, 0.5) is 0 Å². The maximum Gasteiger partial charge on any atom is 0.338 e. The normalized spacial score (nSPS) is 15.0. The molecule has 0 heterocycles. The fourth-order valence-corrected chi connectivity index (χ4v) is 2.72. The van der Waals surface area contributed by atoms with Gasteiger partial charge >= 0.3 is 11.9 Å². The van der Waals surface area contributed by atoms with Crippen molar-refractivity contribution < 1.29 is 24.2 Å². The molecule has 1 rings (SSSR count). The average molecular weight is 379 g/mol. The van der Waals surface area contributed by atoms with Gasteiger partial charge in [0.2, 0.25) is 0 Å². The van der Waals surface area contributed by atoms with E-state index in [0.717, 1.165) is 12.0 Å². The van der Waals surface area contributed by atoms with Crippen molar-refractivity contribution in [2.24, 2.45) is 5.41 Å². The largest absolute Gasteiger partial charge is 0.481 e. The van der Waals surface area contributed by atoms with Crippen LogP contribution in [0, 0.1) is 5.41 Å². The molecule has 2 N–H and O–H groups in total. The fraction of sp³-hybridized carbons (Fsp3) is 0.619. The van der Waals surface area contributed by atoms with Crippen LogP contribution in [0.5, 0.6) is 0 Å². The number of carbonyl (C=O) groups excluding carboxylic acids is 1. The number of esters is 1. The van der Waals surface area contributed by atoms with Crippen LogP contribution in [0.2, 0.25) is 0 Å². The third-order valence-electron chi connectivity index (χ3n) is 4.33. The number of ether oxygens (including phenoxy) is 2. The van der Waals surface area contributed by atoms with Crippen molar-refractivity contribution in [2.75, 3.05) is 20.3 Å². The summed E-state index contributed by atoms with van der Waals surface area (Å²) in [5, 5.41) is 12.4. The maximum atomic E-state index is 12.3.